The second-order valence-corrected chi connectivity index (χ2v) is 8.21. The third-order valence-corrected chi connectivity index (χ3v) is 5.93. The highest BCUT2D eigenvalue weighted by molar-refractivity contribution is 7.98. The van der Waals surface area contributed by atoms with Crippen LogP contribution in [0.1, 0.15) is 23.4 Å². The van der Waals surface area contributed by atoms with Crippen molar-refractivity contribution in [1.29, 1.82) is 0 Å². The zero-order chi connectivity index (χ0) is 20.9. The van der Waals surface area contributed by atoms with Gasteiger partial charge in [0.2, 0.25) is 17.8 Å². The van der Waals surface area contributed by atoms with E-state index in [0.717, 1.165) is 29.9 Å². The third kappa shape index (κ3) is 4.71. The maximum Gasteiger partial charge on any atom is 0.232 e. The summed E-state index contributed by atoms with van der Waals surface area (Å²) in [5, 5.41) is 3.20. The zero-order valence-corrected chi connectivity index (χ0v) is 17.7. The van der Waals surface area contributed by atoms with Gasteiger partial charge in [0.15, 0.2) is 0 Å². The van der Waals surface area contributed by atoms with E-state index in [-0.39, 0.29) is 11.9 Å². The summed E-state index contributed by atoms with van der Waals surface area (Å²) in [4.78, 5) is 27.4. The first-order valence-corrected chi connectivity index (χ1v) is 11.0. The molecule has 0 saturated carbocycles. The lowest BCUT2D eigenvalue weighted by Crippen LogP contribution is -2.29. The molecule has 7 nitrogen and oxygen atoms in total. The summed E-state index contributed by atoms with van der Waals surface area (Å²) in [7, 11) is 0. The van der Waals surface area contributed by atoms with E-state index >= 15 is 0 Å². The number of fused-ring (bicyclic) bond motifs is 1. The molecule has 30 heavy (non-hydrogen) atoms. The van der Waals surface area contributed by atoms with Gasteiger partial charge in [-0.3, -0.25) is 4.79 Å². The zero-order valence-electron chi connectivity index (χ0n) is 16.8. The molecular weight excluding hydrogens is 396 g/mol. The number of benzene rings is 2. The quantitative estimate of drug-likeness (QED) is 0.562. The Balaban J connectivity index is 1.31. The van der Waals surface area contributed by atoms with Gasteiger partial charge in [-0.2, -0.15) is 26.7 Å². The maximum atomic E-state index is 12.6. The monoisotopic (exact) mass is 420 g/mol. The predicted molar refractivity (Wildman–Crippen MR) is 122 cm³/mol. The molecule has 1 aliphatic heterocycles. The van der Waals surface area contributed by atoms with E-state index in [1.165, 1.54) is 5.56 Å². The largest absolute Gasteiger partial charge is 0.368 e. The highest BCUT2D eigenvalue weighted by Gasteiger charge is 2.23. The molecule has 3 N–H and O–H groups in total. The number of nitrogen functional groups attached to an aromatic ring is 1. The first kappa shape index (κ1) is 20.2. The standard InChI is InChI=1S/C22H24N6OS/c1-15-6-2-4-8-17(15)24-22-26-19(25-21(23)27-22)14-30-13-11-20(29)28-12-10-16-7-3-5-9-18(16)28/h2-9H,10-14H2,1H3,(H3,23,24,25,26,27). The van der Waals surface area contributed by atoms with Crippen molar-refractivity contribution in [3.63, 3.8) is 0 Å². The molecular formula is C22H24N6OS. The van der Waals surface area contributed by atoms with Gasteiger partial charge in [-0.25, -0.2) is 0 Å². The number of thioether (sulfide) groups is 1. The van der Waals surface area contributed by atoms with Crippen molar-refractivity contribution in [2.75, 3.05) is 28.2 Å². The Morgan fingerprint density at radius 1 is 1.13 bits per heavy atom. The number of nitrogens with zero attached hydrogens (tertiary/aromatic N) is 4. The van der Waals surface area contributed by atoms with Crippen LogP contribution >= 0.6 is 11.8 Å². The van der Waals surface area contributed by atoms with Crippen LogP contribution in [0, 0.1) is 6.92 Å². The molecule has 0 atom stereocenters. The average Bonchev–Trinajstić information content (AvgIpc) is 3.17. The summed E-state index contributed by atoms with van der Waals surface area (Å²) in [6, 6.07) is 16.0. The molecule has 0 spiro atoms. The highest BCUT2D eigenvalue weighted by atomic mass is 32.2. The Labute approximate surface area is 180 Å². The number of amides is 1. The maximum absolute atomic E-state index is 12.6. The van der Waals surface area contributed by atoms with Crippen LogP contribution in [-0.2, 0) is 17.0 Å². The van der Waals surface area contributed by atoms with Gasteiger partial charge in [-0.05, 0) is 36.6 Å². The van der Waals surface area contributed by atoms with Gasteiger partial charge in [0.1, 0.15) is 5.82 Å². The Morgan fingerprint density at radius 2 is 1.93 bits per heavy atom. The number of anilines is 4. The van der Waals surface area contributed by atoms with Gasteiger partial charge in [0.05, 0.1) is 5.75 Å². The molecule has 0 radical (unpaired) electrons. The molecule has 3 aromatic rings. The minimum atomic E-state index is 0.157. The molecule has 0 fully saturated rings. The smallest absolute Gasteiger partial charge is 0.232 e. The van der Waals surface area contributed by atoms with E-state index in [4.69, 9.17) is 5.73 Å². The number of aromatic nitrogens is 3. The van der Waals surface area contributed by atoms with E-state index in [9.17, 15) is 4.79 Å². The first-order chi connectivity index (χ1) is 14.6. The molecule has 154 valence electrons. The molecule has 0 unspecified atom stereocenters. The Kier molecular flexibility index (Phi) is 6.13. The normalized spacial score (nSPS) is 12.6. The van der Waals surface area contributed by atoms with Crippen molar-refractivity contribution < 1.29 is 4.79 Å². The predicted octanol–water partition coefficient (Wildman–Crippen LogP) is 3.72. The van der Waals surface area contributed by atoms with Gasteiger partial charge >= 0.3 is 0 Å². The number of rotatable bonds is 7. The lowest BCUT2D eigenvalue weighted by molar-refractivity contribution is -0.118. The van der Waals surface area contributed by atoms with Crippen LogP contribution in [0.25, 0.3) is 0 Å². The molecule has 1 amide bonds. The fourth-order valence-corrected chi connectivity index (χ4v) is 4.22. The second kappa shape index (κ2) is 9.13. The van der Waals surface area contributed by atoms with Crippen LogP contribution in [0.2, 0.25) is 0 Å². The Morgan fingerprint density at radius 3 is 2.80 bits per heavy atom. The number of nitrogens with two attached hydrogens (primary N) is 1. The molecule has 1 aromatic heterocycles. The van der Waals surface area contributed by atoms with Crippen LogP contribution in [-0.4, -0.2) is 33.2 Å². The third-order valence-electron chi connectivity index (χ3n) is 4.97. The summed E-state index contributed by atoms with van der Waals surface area (Å²) in [5.74, 6) is 2.63. The minimum absolute atomic E-state index is 0.157. The number of aryl methyl sites for hydroxylation is 1. The number of carbonyl (C=O) groups excluding carboxylic acids is 1. The SMILES string of the molecule is Cc1ccccc1Nc1nc(N)nc(CSCCC(=O)N2CCc3ccccc32)n1. The molecule has 0 saturated heterocycles. The molecule has 0 aliphatic carbocycles. The summed E-state index contributed by atoms with van der Waals surface area (Å²) in [6.07, 6.45) is 1.41. The molecule has 2 aromatic carbocycles. The van der Waals surface area contributed by atoms with E-state index < -0.39 is 0 Å². The number of carbonyl (C=O) groups is 1. The van der Waals surface area contributed by atoms with Crippen LogP contribution in [0.5, 0.6) is 0 Å². The van der Waals surface area contributed by atoms with Crippen LogP contribution < -0.4 is 16.0 Å². The molecule has 8 heteroatoms. The summed E-state index contributed by atoms with van der Waals surface area (Å²) in [6.45, 7) is 2.78. The second-order valence-electron chi connectivity index (χ2n) is 7.10. The Bertz CT molecular complexity index is 1060. The van der Waals surface area contributed by atoms with Crippen LogP contribution in [0.3, 0.4) is 0 Å². The van der Waals surface area contributed by atoms with E-state index in [2.05, 4.69) is 26.3 Å². The van der Waals surface area contributed by atoms with Gasteiger partial charge < -0.3 is 16.0 Å². The van der Waals surface area contributed by atoms with Gasteiger partial charge in [0.25, 0.3) is 0 Å². The number of hydrogen-bond acceptors (Lipinski definition) is 7. The van der Waals surface area contributed by atoms with E-state index in [1.54, 1.807) is 11.8 Å². The van der Waals surface area contributed by atoms with E-state index in [1.807, 2.05) is 54.3 Å². The van der Waals surface area contributed by atoms with Crippen molar-refractivity contribution >= 4 is 40.9 Å². The number of hydrogen-bond donors (Lipinski definition) is 2. The van der Waals surface area contributed by atoms with Gasteiger partial charge in [0, 0.05) is 30.1 Å². The fourth-order valence-electron chi connectivity index (χ4n) is 3.45. The number of para-hydroxylation sites is 2. The topological polar surface area (TPSA) is 97.0 Å². The van der Waals surface area contributed by atoms with Gasteiger partial charge in [-0.15, -0.1) is 0 Å². The van der Waals surface area contributed by atoms with E-state index in [0.29, 0.717) is 29.7 Å². The number of nitrogens with one attached hydrogen (secondary N) is 1. The Hall–Kier alpha value is -3.13. The lowest BCUT2D eigenvalue weighted by atomic mass is 10.2. The minimum Gasteiger partial charge on any atom is -0.368 e. The molecule has 0 bridgehead atoms. The van der Waals surface area contributed by atoms with Gasteiger partial charge in [-0.1, -0.05) is 36.4 Å². The highest BCUT2D eigenvalue weighted by Crippen LogP contribution is 2.28. The average molecular weight is 421 g/mol. The van der Waals surface area contributed by atoms with Crippen molar-refractivity contribution in [3.05, 3.63) is 65.5 Å². The van der Waals surface area contributed by atoms with Crippen LogP contribution in [0.4, 0.5) is 23.3 Å². The summed E-state index contributed by atoms with van der Waals surface area (Å²) < 4.78 is 0. The van der Waals surface area contributed by atoms with Crippen molar-refractivity contribution in [2.45, 2.75) is 25.5 Å². The lowest BCUT2D eigenvalue weighted by Gasteiger charge is -2.17. The summed E-state index contributed by atoms with van der Waals surface area (Å²) >= 11 is 1.62. The molecule has 2 heterocycles. The van der Waals surface area contributed by atoms with Crippen molar-refractivity contribution in [3.8, 4) is 0 Å². The molecule has 1 aliphatic rings. The molecule has 4 rings (SSSR count). The van der Waals surface area contributed by atoms with Crippen molar-refractivity contribution in [2.24, 2.45) is 0 Å². The first-order valence-electron chi connectivity index (χ1n) is 9.89. The summed E-state index contributed by atoms with van der Waals surface area (Å²) in [5.41, 5.74) is 10.2. The van der Waals surface area contributed by atoms with Crippen molar-refractivity contribution in [1.82, 2.24) is 15.0 Å². The van der Waals surface area contributed by atoms with Crippen LogP contribution in [0.15, 0.2) is 48.5 Å². The fraction of sp³-hybridized carbons (Fsp3) is 0.273.